The van der Waals surface area contributed by atoms with Gasteiger partial charge >= 0.3 is 29.6 Å². The van der Waals surface area contributed by atoms with Crippen LogP contribution in [0.5, 0.6) is 5.75 Å². The van der Waals surface area contributed by atoms with Crippen LogP contribution >= 0.6 is 22.9 Å². The summed E-state index contributed by atoms with van der Waals surface area (Å²) in [5.74, 6) is -4.39. The van der Waals surface area contributed by atoms with Gasteiger partial charge in [-0.25, -0.2) is 18.2 Å². The minimum Gasteiger partial charge on any atom is -0.550 e. The number of aliphatic carboxylic acids is 1. The van der Waals surface area contributed by atoms with Crippen LogP contribution in [0.25, 0.3) is 10.6 Å². The largest absolute Gasteiger partial charge is 1.00 e. The molecule has 1 aromatic heterocycles. The van der Waals surface area contributed by atoms with Gasteiger partial charge in [-0.15, -0.1) is 11.3 Å². The van der Waals surface area contributed by atoms with Crippen molar-refractivity contribution in [3.05, 3.63) is 69.4 Å². The van der Waals surface area contributed by atoms with Crippen molar-refractivity contribution in [2.75, 3.05) is 0 Å². The molecule has 0 fully saturated rings. The summed E-state index contributed by atoms with van der Waals surface area (Å²) in [7, 11) is 0. The van der Waals surface area contributed by atoms with E-state index < -0.39 is 23.4 Å². The van der Waals surface area contributed by atoms with Crippen LogP contribution in [-0.4, -0.2) is 11.0 Å². The number of nitrogens with zero attached hydrogens (tertiary/aromatic N) is 1. The van der Waals surface area contributed by atoms with E-state index in [9.17, 15) is 23.1 Å². The molecule has 0 amide bonds. The summed E-state index contributed by atoms with van der Waals surface area (Å²) in [6.45, 7) is -0.352. The fourth-order valence-electron chi connectivity index (χ4n) is 2.28. The van der Waals surface area contributed by atoms with Crippen LogP contribution in [0, 0.1) is 17.5 Å². The van der Waals surface area contributed by atoms with Gasteiger partial charge in [0.1, 0.15) is 23.2 Å². The van der Waals surface area contributed by atoms with Crippen molar-refractivity contribution in [2.45, 2.75) is 13.0 Å². The Morgan fingerprint density at radius 1 is 1.14 bits per heavy atom. The number of benzene rings is 2. The van der Waals surface area contributed by atoms with Gasteiger partial charge in [-0.1, -0.05) is 11.6 Å². The Morgan fingerprint density at radius 2 is 1.86 bits per heavy atom. The number of carboxylic acid groups (broad SMARTS) is 1. The van der Waals surface area contributed by atoms with E-state index in [1.54, 1.807) is 11.4 Å². The number of halogens is 4. The van der Waals surface area contributed by atoms with E-state index in [4.69, 9.17) is 16.3 Å². The first-order chi connectivity index (χ1) is 12.8. The van der Waals surface area contributed by atoms with Gasteiger partial charge in [0.25, 0.3) is 0 Å². The van der Waals surface area contributed by atoms with Crippen molar-refractivity contribution < 1.29 is 57.4 Å². The maximum atomic E-state index is 13.8. The number of ether oxygens (including phenoxy) is 1. The number of thiazole rings is 1. The van der Waals surface area contributed by atoms with Crippen molar-refractivity contribution in [3.63, 3.8) is 0 Å². The number of hydrogen-bond donors (Lipinski definition) is 0. The van der Waals surface area contributed by atoms with Gasteiger partial charge in [0.15, 0.2) is 11.6 Å². The van der Waals surface area contributed by atoms with Crippen LogP contribution in [0.3, 0.4) is 0 Å². The average Bonchev–Trinajstić information content (AvgIpc) is 3.05. The molecule has 28 heavy (non-hydrogen) atoms. The van der Waals surface area contributed by atoms with Crippen LogP contribution in [-0.2, 0) is 17.8 Å². The van der Waals surface area contributed by atoms with Crippen molar-refractivity contribution in [1.82, 2.24) is 4.98 Å². The third-order valence-corrected chi connectivity index (χ3v) is 4.68. The minimum atomic E-state index is -1.29. The summed E-state index contributed by atoms with van der Waals surface area (Å²) < 4.78 is 45.6. The second-order valence-electron chi connectivity index (χ2n) is 5.48. The van der Waals surface area contributed by atoms with Gasteiger partial charge in [-0.2, -0.15) is 0 Å². The van der Waals surface area contributed by atoms with Gasteiger partial charge in [-0.05, 0) is 24.3 Å². The van der Waals surface area contributed by atoms with Crippen LogP contribution < -0.4 is 39.4 Å². The summed E-state index contributed by atoms with van der Waals surface area (Å²) in [6.07, 6.45) is -0.340. The monoisotopic (exact) mass is 435 g/mol. The molecule has 0 aliphatic heterocycles. The predicted octanol–water partition coefficient (Wildman–Crippen LogP) is 0.756. The molecule has 0 spiro atoms. The Kier molecular flexibility index (Phi) is 7.91. The molecule has 1 heterocycles. The number of hydrogen-bond acceptors (Lipinski definition) is 5. The molecule has 0 bridgehead atoms. The fraction of sp³-hybridized carbons (Fsp3) is 0.111. The quantitative estimate of drug-likeness (QED) is 0.423. The van der Waals surface area contributed by atoms with Gasteiger partial charge in [0.2, 0.25) is 0 Å². The van der Waals surface area contributed by atoms with E-state index in [0.717, 1.165) is 6.07 Å². The summed E-state index contributed by atoms with van der Waals surface area (Å²) in [6, 6.07) is 5.79. The standard InChI is InChI=1S/C18H11ClF3NO3S.Na/c19-10-1-2-16(26-7-9-3-14(21)15(22)6-13(9)20)12(4-10)18-23-11(8-27-18)5-17(24)25;/h1-4,6,8H,5,7H2,(H,24,25);/q;+1/p-1. The zero-order valence-corrected chi connectivity index (χ0v) is 18.0. The van der Waals surface area contributed by atoms with E-state index >= 15 is 0 Å². The normalized spacial score (nSPS) is 10.4. The topological polar surface area (TPSA) is 62.2 Å². The summed E-state index contributed by atoms with van der Waals surface area (Å²) >= 11 is 7.18. The van der Waals surface area contributed by atoms with Crippen LogP contribution in [0.2, 0.25) is 5.02 Å². The maximum absolute atomic E-state index is 13.8. The van der Waals surface area contributed by atoms with Crippen LogP contribution in [0.4, 0.5) is 13.2 Å². The van der Waals surface area contributed by atoms with E-state index in [1.165, 1.54) is 23.5 Å². The Labute approximate surface area is 189 Å². The molecule has 4 nitrogen and oxygen atoms in total. The summed E-state index contributed by atoms with van der Waals surface area (Å²) in [5, 5.41) is 13.1. The number of carboxylic acids is 1. The van der Waals surface area contributed by atoms with E-state index in [1.807, 2.05) is 0 Å². The van der Waals surface area contributed by atoms with Crippen LogP contribution in [0.1, 0.15) is 11.3 Å². The summed E-state index contributed by atoms with van der Waals surface area (Å²) in [5.41, 5.74) is 0.610. The smallest absolute Gasteiger partial charge is 0.550 e. The van der Waals surface area contributed by atoms with E-state index in [0.29, 0.717) is 27.4 Å². The van der Waals surface area contributed by atoms with Gasteiger partial charge < -0.3 is 14.6 Å². The molecule has 2 aromatic carbocycles. The Bertz CT molecular complexity index is 1020. The molecule has 10 heteroatoms. The Balaban J connectivity index is 0.00000280. The molecule has 0 saturated carbocycles. The predicted molar refractivity (Wildman–Crippen MR) is 91.9 cm³/mol. The Hall–Kier alpha value is -1.58. The third kappa shape index (κ3) is 5.48. The van der Waals surface area contributed by atoms with Gasteiger partial charge in [0.05, 0.1) is 11.3 Å². The first kappa shape index (κ1) is 22.7. The number of aromatic nitrogens is 1. The first-order valence-electron chi connectivity index (χ1n) is 7.54. The molecule has 0 unspecified atom stereocenters. The van der Waals surface area contributed by atoms with Crippen molar-refractivity contribution in [3.8, 4) is 16.3 Å². The Morgan fingerprint density at radius 3 is 2.57 bits per heavy atom. The summed E-state index contributed by atoms with van der Waals surface area (Å²) in [4.78, 5) is 14.9. The van der Waals surface area contributed by atoms with Crippen molar-refractivity contribution in [2.24, 2.45) is 0 Å². The molecule has 0 saturated heterocycles. The average molecular weight is 436 g/mol. The molecular weight excluding hydrogens is 426 g/mol. The first-order valence-corrected chi connectivity index (χ1v) is 8.79. The molecular formula is C18H10ClF3NNaO3S. The molecule has 0 atom stereocenters. The second kappa shape index (κ2) is 9.76. The van der Waals surface area contributed by atoms with Gasteiger partial charge in [0, 0.05) is 34.4 Å². The van der Waals surface area contributed by atoms with Crippen molar-refractivity contribution in [1.29, 1.82) is 0 Å². The maximum Gasteiger partial charge on any atom is 1.00 e. The van der Waals surface area contributed by atoms with E-state index in [-0.39, 0.29) is 53.9 Å². The fourth-order valence-corrected chi connectivity index (χ4v) is 3.30. The zero-order valence-electron chi connectivity index (χ0n) is 14.5. The molecule has 3 rings (SSSR count). The number of carbonyl (C=O) groups excluding carboxylic acids is 1. The van der Waals surface area contributed by atoms with Crippen LogP contribution in [0.15, 0.2) is 35.7 Å². The molecule has 0 N–H and O–H groups in total. The molecule has 0 aliphatic carbocycles. The molecule has 3 aromatic rings. The molecule has 0 radical (unpaired) electrons. The molecule has 0 aliphatic rings. The minimum absolute atomic E-state index is 0. The third-order valence-electron chi connectivity index (χ3n) is 3.52. The number of carbonyl (C=O) groups is 1. The molecule has 140 valence electrons. The zero-order chi connectivity index (χ0) is 19.6. The van der Waals surface area contributed by atoms with Gasteiger partial charge in [-0.3, -0.25) is 0 Å². The van der Waals surface area contributed by atoms with E-state index in [2.05, 4.69) is 4.98 Å². The SMILES string of the molecule is O=C([O-])Cc1csc(-c2cc(Cl)ccc2OCc2cc(F)c(F)cc2F)n1.[Na+]. The second-order valence-corrected chi connectivity index (χ2v) is 6.77. The number of rotatable bonds is 6. The van der Waals surface area contributed by atoms with Crippen molar-refractivity contribution >= 4 is 28.9 Å².